The molecule has 2 heterocycles. The van der Waals surface area contributed by atoms with Gasteiger partial charge in [-0.05, 0) is 44.5 Å². The molecule has 0 amide bonds. The highest BCUT2D eigenvalue weighted by Gasteiger charge is 2.15. The minimum Gasteiger partial charge on any atom is -0.339 e. The molecular formula is C13H18N4O. The standard InChI is InChI=1S/C13H18N4O/c1-8-6-10(3)15-11(7-8)12-16-13(18-17-12)9(2)4-5-14/h6-7,9H,4-5,14H2,1-3H3. The van der Waals surface area contributed by atoms with Gasteiger partial charge in [0.25, 0.3) is 0 Å². The molecule has 0 radical (unpaired) electrons. The van der Waals surface area contributed by atoms with Crippen molar-refractivity contribution in [1.29, 1.82) is 0 Å². The van der Waals surface area contributed by atoms with E-state index in [4.69, 9.17) is 10.3 Å². The summed E-state index contributed by atoms with van der Waals surface area (Å²) in [5.74, 6) is 1.35. The van der Waals surface area contributed by atoms with E-state index in [9.17, 15) is 0 Å². The van der Waals surface area contributed by atoms with Gasteiger partial charge in [-0.1, -0.05) is 12.1 Å². The molecule has 0 fully saturated rings. The lowest BCUT2D eigenvalue weighted by atomic mass is 10.1. The van der Waals surface area contributed by atoms with Crippen LogP contribution in [-0.2, 0) is 0 Å². The van der Waals surface area contributed by atoms with Crippen LogP contribution in [0, 0.1) is 13.8 Å². The van der Waals surface area contributed by atoms with Crippen LogP contribution in [0.4, 0.5) is 0 Å². The van der Waals surface area contributed by atoms with Gasteiger partial charge in [0.15, 0.2) is 0 Å². The molecule has 0 saturated carbocycles. The smallest absolute Gasteiger partial charge is 0.229 e. The van der Waals surface area contributed by atoms with Gasteiger partial charge in [-0.3, -0.25) is 0 Å². The topological polar surface area (TPSA) is 77.8 Å². The van der Waals surface area contributed by atoms with Gasteiger partial charge in [0, 0.05) is 11.6 Å². The number of nitrogens with two attached hydrogens (primary N) is 1. The zero-order valence-electron chi connectivity index (χ0n) is 11.0. The number of rotatable bonds is 4. The Morgan fingerprint density at radius 3 is 2.72 bits per heavy atom. The van der Waals surface area contributed by atoms with Crippen LogP contribution in [0.2, 0.25) is 0 Å². The van der Waals surface area contributed by atoms with Crippen LogP contribution in [0.1, 0.15) is 36.4 Å². The van der Waals surface area contributed by atoms with E-state index >= 15 is 0 Å². The summed E-state index contributed by atoms with van der Waals surface area (Å²) < 4.78 is 5.26. The van der Waals surface area contributed by atoms with Crippen LogP contribution in [0.25, 0.3) is 11.5 Å². The minimum atomic E-state index is 0.183. The summed E-state index contributed by atoms with van der Waals surface area (Å²) in [6.45, 7) is 6.62. The third-order valence-corrected chi connectivity index (χ3v) is 2.79. The summed E-state index contributed by atoms with van der Waals surface area (Å²) in [7, 11) is 0. The molecule has 5 nitrogen and oxygen atoms in total. The van der Waals surface area contributed by atoms with E-state index in [0.29, 0.717) is 18.3 Å². The van der Waals surface area contributed by atoms with E-state index in [1.165, 1.54) is 0 Å². The van der Waals surface area contributed by atoms with E-state index < -0.39 is 0 Å². The molecule has 0 aromatic carbocycles. The molecule has 2 aromatic heterocycles. The summed E-state index contributed by atoms with van der Waals surface area (Å²) in [6, 6.07) is 3.97. The summed E-state index contributed by atoms with van der Waals surface area (Å²) in [6.07, 6.45) is 0.835. The van der Waals surface area contributed by atoms with Crippen molar-refractivity contribution in [3.63, 3.8) is 0 Å². The van der Waals surface area contributed by atoms with Crippen LogP contribution in [-0.4, -0.2) is 21.7 Å². The van der Waals surface area contributed by atoms with Gasteiger partial charge in [-0.25, -0.2) is 4.98 Å². The molecule has 1 atom stereocenters. The number of pyridine rings is 1. The molecule has 0 spiro atoms. The summed E-state index contributed by atoms with van der Waals surface area (Å²) >= 11 is 0. The first-order valence-electron chi connectivity index (χ1n) is 6.09. The Labute approximate surface area is 106 Å². The van der Waals surface area contributed by atoms with E-state index in [1.807, 2.05) is 32.9 Å². The third kappa shape index (κ3) is 2.73. The number of aromatic nitrogens is 3. The molecular weight excluding hydrogens is 228 g/mol. The minimum absolute atomic E-state index is 0.183. The molecule has 5 heteroatoms. The highest BCUT2D eigenvalue weighted by atomic mass is 16.5. The second kappa shape index (κ2) is 5.27. The van der Waals surface area contributed by atoms with Gasteiger partial charge >= 0.3 is 0 Å². The van der Waals surface area contributed by atoms with Crippen molar-refractivity contribution in [3.05, 3.63) is 29.3 Å². The van der Waals surface area contributed by atoms with Gasteiger partial charge in [0.2, 0.25) is 11.7 Å². The maximum atomic E-state index is 5.52. The van der Waals surface area contributed by atoms with E-state index in [-0.39, 0.29) is 5.92 Å². The Balaban J connectivity index is 2.29. The molecule has 0 saturated heterocycles. The van der Waals surface area contributed by atoms with Gasteiger partial charge in [-0.2, -0.15) is 4.98 Å². The van der Waals surface area contributed by atoms with Crippen molar-refractivity contribution in [2.45, 2.75) is 33.1 Å². The molecule has 0 bridgehead atoms. The highest BCUT2D eigenvalue weighted by Crippen LogP contribution is 2.21. The second-order valence-corrected chi connectivity index (χ2v) is 4.61. The number of hydrogen-bond acceptors (Lipinski definition) is 5. The van der Waals surface area contributed by atoms with Crippen molar-refractivity contribution in [3.8, 4) is 11.5 Å². The Morgan fingerprint density at radius 1 is 1.28 bits per heavy atom. The average molecular weight is 246 g/mol. The van der Waals surface area contributed by atoms with Crippen molar-refractivity contribution in [2.75, 3.05) is 6.54 Å². The van der Waals surface area contributed by atoms with Crippen molar-refractivity contribution in [1.82, 2.24) is 15.1 Å². The van der Waals surface area contributed by atoms with Crippen LogP contribution < -0.4 is 5.73 Å². The van der Waals surface area contributed by atoms with Gasteiger partial charge < -0.3 is 10.3 Å². The fraction of sp³-hybridized carbons (Fsp3) is 0.462. The largest absolute Gasteiger partial charge is 0.339 e. The SMILES string of the molecule is Cc1cc(C)nc(-c2noc(C(C)CCN)n2)c1. The van der Waals surface area contributed by atoms with Crippen LogP contribution in [0.5, 0.6) is 0 Å². The Bertz CT molecular complexity index is 515. The number of aryl methyl sites for hydroxylation is 2. The molecule has 96 valence electrons. The molecule has 2 rings (SSSR count). The predicted molar refractivity (Wildman–Crippen MR) is 69.1 cm³/mol. The van der Waals surface area contributed by atoms with Crippen LogP contribution in [0.15, 0.2) is 16.7 Å². The Morgan fingerprint density at radius 2 is 2.06 bits per heavy atom. The van der Waals surface area contributed by atoms with Crippen LogP contribution in [0.3, 0.4) is 0 Å². The first-order valence-corrected chi connectivity index (χ1v) is 6.09. The van der Waals surface area contributed by atoms with Gasteiger partial charge in [0.05, 0.1) is 0 Å². The lowest BCUT2D eigenvalue weighted by Gasteiger charge is -2.02. The zero-order chi connectivity index (χ0) is 13.1. The third-order valence-electron chi connectivity index (χ3n) is 2.79. The van der Waals surface area contributed by atoms with E-state index in [2.05, 4.69) is 15.1 Å². The molecule has 2 N–H and O–H groups in total. The highest BCUT2D eigenvalue weighted by molar-refractivity contribution is 5.50. The quantitative estimate of drug-likeness (QED) is 0.894. The lowest BCUT2D eigenvalue weighted by molar-refractivity contribution is 0.355. The average Bonchev–Trinajstić information content (AvgIpc) is 2.77. The van der Waals surface area contributed by atoms with Crippen molar-refractivity contribution < 1.29 is 4.52 Å². The molecule has 0 aliphatic rings. The number of hydrogen-bond donors (Lipinski definition) is 1. The van der Waals surface area contributed by atoms with Crippen molar-refractivity contribution >= 4 is 0 Å². The van der Waals surface area contributed by atoms with E-state index in [1.54, 1.807) is 0 Å². The molecule has 2 aromatic rings. The normalized spacial score (nSPS) is 12.7. The molecule has 0 aliphatic carbocycles. The lowest BCUT2D eigenvalue weighted by Crippen LogP contribution is -2.04. The first kappa shape index (κ1) is 12.7. The Kier molecular flexibility index (Phi) is 3.72. The molecule has 0 aliphatic heterocycles. The maximum Gasteiger partial charge on any atom is 0.229 e. The predicted octanol–water partition coefficient (Wildman–Crippen LogP) is 2.20. The van der Waals surface area contributed by atoms with Gasteiger partial charge in [0.1, 0.15) is 5.69 Å². The first-order chi connectivity index (χ1) is 8.60. The summed E-state index contributed by atoms with van der Waals surface area (Å²) in [5.41, 5.74) is 8.36. The summed E-state index contributed by atoms with van der Waals surface area (Å²) in [4.78, 5) is 8.80. The fourth-order valence-corrected chi connectivity index (χ4v) is 1.87. The molecule has 18 heavy (non-hydrogen) atoms. The maximum absolute atomic E-state index is 5.52. The van der Waals surface area contributed by atoms with Crippen molar-refractivity contribution in [2.24, 2.45) is 5.73 Å². The monoisotopic (exact) mass is 246 g/mol. The zero-order valence-corrected chi connectivity index (χ0v) is 11.0. The van der Waals surface area contributed by atoms with Gasteiger partial charge in [-0.15, -0.1) is 0 Å². The molecule has 1 unspecified atom stereocenters. The summed E-state index contributed by atoms with van der Waals surface area (Å²) in [5, 5.41) is 3.98. The fourth-order valence-electron chi connectivity index (χ4n) is 1.87. The van der Waals surface area contributed by atoms with Crippen LogP contribution >= 0.6 is 0 Å². The van der Waals surface area contributed by atoms with E-state index in [0.717, 1.165) is 23.4 Å². The second-order valence-electron chi connectivity index (χ2n) is 4.61. The Hall–Kier alpha value is -1.75. The number of nitrogens with zero attached hydrogens (tertiary/aromatic N) is 3.